The van der Waals surface area contributed by atoms with E-state index >= 15 is 0 Å². The fraction of sp³-hybridized carbons (Fsp3) is 0.591. The Kier molecular flexibility index (Phi) is 3.96. The molecule has 1 aromatic heterocycles. The van der Waals surface area contributed by atoms with Crippen LogP contribution in [-0.4, -0.2) is 18.2 Å². The molecule has 1 N–H and O–H groups in total. The second-order valence-electron chi connectivity index (χ2n) is 9.62. The predicted octanol–water partition coefficient (Wildman–Crippen LogP) is 4.53. The van der Waals surface area contributed by atoms with Crippen molar-refractivity contribution in [2.75, 3.05) is 4.72 Å². The van der Waals surface area contributed by atoms with E-state index in [0.29, 0.717) is 10.7 Å². The minimum Gasteiger partial charge on any atom is -0.264 e. The molecule has 0 atom stereocenters. The van der Waals surface area contributed by atoms with Gasteiger partial charge < -0.3 is 0 Å². The van der Waals surface area contributed by atoms with Crippen LogP contribution in [0.25, 0.3) is 0 Å². The van der Waals surface area contributed by atoms with Crippen LogP contribution in [0.3, 0.4) is 0 Å². The van der Waals surface area contributed by atoms with Gasteiger partial charge in [-0.25, -0.2) is 8.42 Å². The molecule has 1 aromatic carbocycles. The molecule has 4 saturated carbocycles. The number of sulfonamides is 1. The maximum absolute atomic E-state index is 13.1. The van der Waals surface area contributed by atoms with Crippen LogP contribution < -0.4 is 4.72 Å². The van der Waals surface area contributed by atoms with Crippen molar-refractivity contribution in [3.8, 4) is 0 Å². The fourth-order valence-corrected chi connectivity index (χ4v) is 8.22. The van der Waals surface area contributed by atoms with Gasteiger partial charge in [0.2, 0.25) is 0 Å². The highest BCUT2D eigenvalue weighted by atomic mass is 32.2. The first kappa shape index (κ1) is 18.2. The second kappa shape index (κ2) is 6.09. The maximum Gasteiger partial charge on any atom is 0.263 e. The summed E-state index contributed by atoms with van der Waals surface area (Å²) < 4.78 is 30.9. The van der Waals surface area contributed by atoms with Gasteiger partial charge >= 0.3 is 0 Å². The molecule has 4 aliphatic carbocycles. The SMILES string of the molecule is Cc1cc(C)c(S(=O)(=O)Nc2ccn(C34CC5CC(CC(C5)C3)C4)n2)c(C)c1. The van der Waals surface area contributed by atoms with Gasteiger partial charge in [0.05, 0.1) is 10.4 Å². The number of hydrogen-bond acceptors (Lipinski definition) is 3. The molecule has 4 bridgehead atoms. The average Bonchev–Trinajstić information content (AvgIpc) is 3.00. The molecule has 28 heavy (non-hydrogen) atoms. The smallest absolute Gasteiger partial charge is 0.263 e. The van der Waals surface area contributed by atoms with Crippen LogP contribution in [-0.2, 0) is 15.6 Å². The van der Waals surface area contributed by atoms with E-state index in [2.05, 4.69) is 9.40 Å². The van der Waals surface area contributed by atoms with Gasteiger partial charge in [0.25, 0.3) is 10.0 Å². The predicted molar refractivity (Wildman–Crippen MR) is 110 cm³/mol. The molecule has 0 saturated heterocycles. The lowest BCUT2D eigenvalue weighted by Gasteiger charge is -2.56. The summed E-state index contributed by atoms with van der Waals surface area (Å²) in [6.45, 7) is 5.68. The normalized spacial score (nSPS) is 31.3. The van der Waals surface area contributed by atoms with Gasteiger partial charge in [-0.15, -0.1) is 0 Å². The Morgan fingerprint density at radius 3 is 2.07 bits per heavy atom. The summed E-state index contributed by atoms with van der Waals surface area (Å²) in [4.78, 5) is 0.363. The largest absolute Gasteiger partial charge is 0.264 e. The molecule has 150 valence electrons. The molecule has 5 nitrogen and oxygen atoms in total. The molecule has 1 heterocycles. The lowest BCUT2D eigenvalue weighted by Crippen LogP contribution is -2.52. The Labute approximate surface area is 167 Å². The molecular formula is C22H29N3O2S. The Hall–Kier alpha value is -1.82. The third kappa shape index (κ3) is 2.88. The van der Waals surface area contributed by atoms with E-state index in [1.54, 1.807) is 0 Å². The highest BCUT2D eigenvalue weighted by Gasteiger charge is 2.52. The summed E-state index contributed by atoms with van der Waals surface area (Å²) in [5.74, 6) is 2.91. The van der Waals surface area contributed by atoms with Crippen LogP contribution in [0.5, 0.6) is 0 Å². The first-order valence-corrected chi connectivity index (χ1v) is 11.9. The standard InChI is InChI=1S/C22H29N3O2S/c1-14-6-15(2)21(16(3)7-14)28(26,27)24-20-4-5-25(23-20)22-11-17-8-18(12-22)10-19(9-17)13-22/h4-7,17-19H,8-13H2,1-3H3,(H,23,24). The molecule has 0 aliphatic heterocycles. The van der Waals surface area contributed by atoms with Gasteiger partial charge in [-0.1, -0.05) is 17.7 Å². The van der Waals surface area contributed by atoms with E-state index in [1.807, 2.05) is 45.2 Å². The topological polar surface area (TPSA) is 64.0 Å². The highest BCUT2D eigenvalue weighted by Crippen LogP contribution is 2.58. The second-order valence-corrected chi connectivity index (χ2v) is 11.2. The van der Waals surface area contributed by atoms with Gasteiger partial charge in [0, 0.05) is 12.3 Å². The van der Waals surface area contributed by atoms with Crippen LogP contribution in [0.2, 0.25) is 0 Å². The molecule has 4 aliphatic rings. The number of hydrogen-bond donors (Lipinski definition) is 1. The van der Waals surface area contributed by atoms with E-state index in [0.717, 1.165) is 34.4 Å². The third-order valence-electron chi connectivity index (χ3n) is 7.19. The van der Waals surface area contributed by atoms with E-state index < -0.39 is 10.0 Å². The van der Waals surface area contributed by atoms with Crippen LogP contribution in [0.1, 0.15) is 55.2 Å². The minimum absolute atomic E-state index is 0.105. The van der Waals surface area contributed by atoms with E-state index in [9.17, 15) is 8.42 Å². The number of rotatable bonds is 4. The first-order chi connectivity index (χ1) is 13.2. The minimum atomic E-state index is -3.66. The van der Waals surface area contributed by atoms with Crippen molar-refractivity contribution >= 4 is 15.8 Å². The molecule has 0 spiro atoms. The fourth-order valence-electron chi connectivity index (χ4n) is 6.77. The Morgan fingerprint density at radius 1 is 1.00 bits per heavy atom. The zero-order valence-corrected chi connectivity index (χ0v) is 17.7. The maximum atomic E-state index is 13.1. The van der Waals surface area contributed by atoms with Gasteiger partial charge in [-0.2, -0.15) is 5.10 Å². The molecule has 0 unspecified atom stereocenters. The molecule has 6 rings (SSSR count). The highest BCUT2D eigenvalue weighted by molar-refractivity contribution is 7.92. The third-order valence-corrected chi connectivity index (χ3v) is 8.85. The number of anilines is 1. The van der Waals surface area contributed by atoms with Crippen LogP contribution in [0.4, 0.5) is 5.82 Å². The molecular weight excluding hydrogens is 370 g/mol. The number of nitrogens with zero attached hydrogens (tertiary/aromatic N) is 2. The zero-order chi connectivity index (χ0) is 19.7. The van der Waals surface area contributed by atoms with E-state index in [4.69, 9.17) is 5.10 Å². The monoisotopic (exact) mass is 399 g/mol. The van der Waals surface area contributed by atoms with Crippen molar-refractivity contribution in [2.24, 2.45) is 17.8 Å². The molecule has 6 heteroatoms. The zero-order valence-electron chi connectivity index (χ0n) is 16.9. The van der Waals surface area contributed by atoms with Crippen molar-refractivity contribution in [2.45, 2.75) is 69.7 Å². The lowest BCUT2D eigenvalue weighted by molar-refractivity contribution is -0.0492. The molecule has 0 radical (unpaired) electrons. The quantitative estimate of drug-likeness (QED) is 0.821. The number of benzene rings is 1. The summed E-state index contributed by atoms with van der Waals surface area (Å²) in [6, 6.07) is 5.64. The van der Waals surface area contributed by atoms with Crippen LogP contribution in [0, 0.1) is 38.5 Å². The number of aryl methyl sites for hydroxylation is 3. The van der Waals surface area contributed by atoms with Gasteiger partial charge in [-0.3, -0.25) is 9.40 Å². The Bertz CT molecular complexity index is 980. The Morgan fingerprint density at radius 2 is 1.54 bits per heavy atom. The summed E-state index contributed by atoms with van der Waals surface area (Å²) in [5.41, 5.74) is 2.71. The summed E-state index contributed by atoms with van der Waals surface area (Å²) >= 11 is 0. The van der Waals surface area contributed by atoms with Crippen LogP contribution >= 0.6 is 0 Å². The Balaban J connectivity index is 1.43. The van der Waals surface area contributed by atoms with E-state index in [1.165, 1.54) is 38.5 Å². The lowest BCUT2D eigenvalue weighted by atomic mass is 9.53. The number of nitrogens with one attached hydrogen (secondary N) is 1. The number of aromatic nitrogens is 2. The van der Waals surface area contributed by atoms with Gasteiger partial charge in [-0.05, 0) is 88.2 Å². The average molecular weight is 400 g/mol. The van der Waals surface area contributed by atoms with E-state index in [-0.39, 0.29) is 5.54 Å². The van der Waals surface area contributed by atoms with Crippen molar-refractivity contribution in [1.29, 1.82) is 0 Å². The first-order valence-electron chi connectivity index (χ1n) is 10.4. The molecule has 0 amide bonds. The van der Waals surface area contributed by atoms with Gasteiger partial charge in [0.15, 0.2) is 5.82 Å². The van der Waals surface area contributed by atoms with Crippen molar-refractivity contribution < 1.29 is 8.42 Å². The molecule has 4 fully saturated rings. The van der Waals surface area contributed by atoms with Crippen molar-refractivity contribution in [3.05, 3.63) is 41.1 Å². The summed E-state index contributed by atoms with van der Waals surface area (Å²) in [5, 5.41) is 4.71. The van der Waals surface area contributed by atoms with Crippen molar-refractivity contribution in [1.82, 2.24) is 9.78 Å². The molecule has 2 aromatic rings. The van der Waals surface area contributed by atoms with Gasteiger partial charge in [0.1, 0.15) is 0 Å². The van der Waals surface area contributed by atoms with Crippen molar-refractivity contribution in [3.63, 3.8) is 0 Å². The van der Waals surface area contributed by atoms with Crippen LogP contribution in [0.15, 0.2) is 29.3 Å². The summed E-state index contributed by atoms with van der Waals surface area (Å²) in [6.07, 6.45) is 9.72. The summed E-state index contributed by atoms with van der Waals surface area (Å²) in [7, 11) is -3.66.